The van der Waals surface area contributed by atoms with E-state index in [1.54, 1.807) is 12.1 Å². The van der Waals surface area contributed by atoms with Gasteiger partial charge < -0.3 is 10.2 Å². The molecule has 3 heterocycles. The lowest BCUT2D eigenvalue weighted by atomic mass is 9.93. The van der Waals surface area contributed by atoms with Crippen molar-refractivity contribution in [3.63, 3.8) is 0 Å². The molecule has 1 N–H and O–H groups in total. The first-order chi connectivity index (χ1) is 20.4. The van der Waals surface area contributed by atoms with E-state index in [0.717, 1.165) is 45.1 Å². The van der Waals surface area contributed by atoms with Crippen LogP contribution in [-0.4, -0.2) is 26.4 Å². The molecule has 4 aromatic carbocycles. The number of fused-ring (bicyclic) bond motifs is 4. The number of nitro benzene ring substituents is 1. The lowest BCUT2D eigenvalue weighted by Gasteiger charge is -2.40. The summed E-state index contributed by atoms with van der Waals surface area (Å²) in [6.45, 7) is 3.90. The molecule has 1 atom stereocenters. The Kier molecular flexibility index (Phi) is 6.09. The summed E-state index contributed by atoms with van der Waals surface area (Å²) in [4.78, 5) is 23.7. The molecule has 7 rings (SSSR count). The van der Waals surface area contributed by atoms with E-state index in [0.29, 0.717) is 22.5 Å². The normalized spacial score (nSPS) is 15.2. The minimum absolute atomic E-state index is 0.0119. The number of nitrogens with zero attached hydrogens (tertiary/aromatic N) is 6. The van der Waals surface area contributed by atoms with Crippen molar-refractivity contribution in [2.24, 2.45) is 9.98 Å². The second kappa shape index (κ2) is 9.97. The standard InChI is InChI=1S/C32H24ClN7O2/c1-19-15-16-22(18-25(19)33)34-30-32-36-31-28(20(2)37-39(31)23-10-4-3-5-11-23)29(21-9-8-12-24(17-21)40(41)42)38(32)27-14-7-6-13-26(27)35-30/h3-18,29H,1-2H3,(H,34,35)/t29-/m0/s1. The van der Waals surface area contributed by atoms with Gasteiger partial charge in [0.2, 0.25) is 0 Å². The third-order valence-corrected chi connectivity index (χ3v) is 7.88. The zero-order valence-electron chi connectivity index (χ0n) is 22.7. The van der Waals surface area contributed by atoms with Crippen molar-refractivity contribution in [3.8, 4) is 5.69 Å². The van der Waals surface area contributed by atoms with Crippen LogP contribution < -0.4 is 10.2 Å². The van der Waals surface area contributed by atoms with Gasteiger partial charge >= 0.3 is 0 Å². The van der Waals surface area contributed by atoms with E-state index in [4.69, 9.17) is 26.7 Å². The van der Waals surface area contributed by atoms with E-state index in [1.807, 2.05) is 97.4 Å². The fourth-order valence-corrected chi connectivity index (χ4v) is 5.66. The van der Waals surface area contributed by atoms with Gasteiger partial charge in [0, 0.05) is 28.4 Å². The largest absolute Gasteiger partial charge is 0.337 e. The molecule has 0 spiro atoms. The molecule has 42 heavy (non-hydrogen) atoms. The summed E-state index contributed by atoms with van der Waals surface area (Å²) < 4.78 is 1.82. The molecule has 9 nitrogen and oxygen atoms in total. The number of non-ortho nitro benzene ring substituents is 1. The minimum atomic E-state index is -0.472. The van der Waals surface area contributed by atoms with Gasteiger partial charge in [0.1, 0.15) is 0 Å². The van der Waals surface area contributed by atoms with Crippen LogP contribution in [0.1, 0.15) is 28.4 Å². The van der Waals surface area contributed by atoms with Gasteiger partial charge in [0.15, 0.2) is 17.5 Å². The molecule has 0 fully saturated rings. The number of anilines is 2. The Balaban J connectivity index is 1.50. The van der Waals surface area contributed by atoms with Gasteiger partial charge in [-0.25, -0.2) is 14.7 Å². The Labute approximate surface area is 246 Å². The lowest BCUT2D eigenvalue weighted by molar-refractivity contribution is -0.384. The highest BCUT2D eigenvalue weighted by atomic mass is 35.5. The van der Waals surface area contributed by atoms with Crippen LogP contribution in [0.15, 0.2) is 107 Å². The molecule has 0 bridgehead atoms. The highest BCUT2D eigenvalue weighted by molar-refractivity contribution is 6.51. The minimum Gasteiger partial charge on any atom is -0.337 e. The molecule has 0 saturated heterocycles. The number of aryl methyl sites for hydroxylation is 2. The van der Waals surface area contributed by atoms with Crippen LogP contribution in [-0.2, 0) is 0 Å². The number of hydrogen-bond acceptors (Lipinski definition) is 7. The van der Waals surface area contributed by atoms with E-state index in [-0.39, 0.29) is 10.6 Å². The zero-order chi connectivity index (χ0) is 29.0. The third-order valence-electron chi connectivity index (χ3n) is 7.47. The van der Waals surface area contributed by atoms with Crippen LogP contribution in [0.25, 0.3) is 5.69 Å². The first-order valence-electron chi connectivity index (χ1n) is 13.4. The number of para-hydroxylation sites is 3. The summed E-state index contributed by atoms with van der Waals surface area (Å²) in [5, 5.41) is 20.8. The second-order valence-electron chi connectivity index (χ2n) is 10.2. The number of aromatic nitrogens is 2. The van der Waals surface area contributed by atoms with Gasteiger partial charge in [-0.2, -0.15) is 5.10 Å². The molecule has 0 unspecified atom stereocenters. The molecule has 0 saturated carbocycles. The molecular weight excluding hydrogens is 550 g/mol. The maximum Gasteiger partial charge on any atom is 0.269 e. The zero-order valence-corrected chi connectivity index (χ0v) is 23.4. The number of rotatable bonds is 4. The maximum atomic E-state index is 11.8. The van der Waals surface area contributed by atoms with E-state index >= 15 is 0 Å². The lowest BCUT2D eigenvalue weighted by Crippen LogP contribution is -2.46. The van der Waals surface area contributed by atoms with Gasteiger partial charge in [0.25, 0.3) is 5.69 Å². The van der Waals surface area contributed by atoms with Crippen LogP contribution in [0.5, 0.6) is 0 Å². The molecule has 0 aliphatic carbocycles. The number of nitro groups is 1. The van der Waals surface area contributed by atoms with Gasteiger partial charge in [0.05, 0.1) is 33.7 Å². The van der Waals surface area contributed by atoms with Crippen molar-refractivity contribution < 1.29 is 4.92 Å². The Morgan fingerprint density at radius 3 is 2.48 bits per heavy atom. The van der Waals surface area contributed by atoms with Crippen LogP contribution in [0.2, 0.25) is 5.02 Å². The molecule has 2 aliphatic heterocycles. The smallest absolute Gasteiger partial charge is 0.269 e. The molecular formula is C32H24ClN7O2. The third kappa shape index (κ3) is 4.22. The SMILES string of the molecule is Cc1ccc(NC2=Nc3ccccc3N3C2=Nc2c(c(C)nn2-c2ccccc2)[C@@H]3c2cccc([N+](=O)[O-])c2)cc1Cl. The first kappa shape index (κ1) is 25.7. The second-order valence-corrected chi connectivity index (χ2v) is 10.6. The number of hydrogen-bond donors (Lipinski definition) is 1. The average molecular weight is 574 g/mol. The molecule has 0 radical (unpaired) electrons. The van der Waals surface area contributed by atoms with E-state index in [2.05, 4.69) is 10.2 Å². The molecule has 0 amide bonds. The summed E-state index contributed by atoms with van der Waals surface area (Å²) in [5.41, 5.74) is 6.53. The molecule has 206 valence electrons. The molecule has 1 aromatic heterocycles. The number of amidine groups is 2. The Morgan fingerprint density at radius 1 is 0.905 bits per heavy atom. The van der Waals surface area contributed by atoms with Crippen LogP contribution in [0, 0.1) is 24.0 Å². The van der Waals surface area contributed by atoms with Crippen molar-refractivity contribution in [1.29, 1.82) is 0 Å². The van der Waals surface area contributed by atoms with Gasteiger partial charge in [-0.15, -0.1) is 0 Å². The fraction of sp³-hybridized carbons (Fsp3) is 0.0938. The number of aliphatic imine (C=N–C) groups is 2. The number of halogens is 1. The average Bonchev–Trinajstić information content (AvgIpc) is 3.34. The molecule has 5 aromatic rings. The van der Waals surface area contributed by atoms with E-state index in [1.165, 1.54) is 6.07 Å². The van der Waals surface area contributed by atoms with Gasteiger partial charge in [-0.05, 0) is 61.4 Å². The monoisotopic (exact) mass is 573 g/mol. The predicted molar refractivity (Wildman–Crippen MR) is 166 cm³/mol. The maximum absolute atomic E-state index is 11.8. The number of nitrogens with one attached hydrogen (secondary N) is 1. The van der Waals surface area contributed by atoms with Crippen LogP contribution in [0.4, 0.5) is 28.6 Å². The summed E-state index contributed by atoms with van der Waals surface area (Å²) in [5.74, 6) is 1.72. The predicted octanol–water partition coefficient (Wildman–Crippen LogP) is 7.85. The summed E-state index contributed by atoms with van der Waals surface area (Å²) >= 11 is 6.46. The van der Waals surface area contributed by atoms with E-state index in [9.17, 15) is 10.1 Å². The summed E-state index contributed by atoms with van der Waals surface area (Å²) in [6, 6.07) is 29.6. The summed E-state index contributed by atoms with van der Waals surface area (Å²) in [6.07, 6.45) is 0. The highest BCUT2D eigenvalue weighted by Gasteiger charge is 2.41. The van der Waals surface area contributed by atoms with Crippen molar-refractivity contribution in [2.75, 3.05) is 10.2 Å². The van der Waals surface area contributed by atoms with Gasteiger partial charge in [-0.1, -0.05) is 60.1 Å². The first-order valence-corrected chi connectivity index (χ1v) is 13.8. The Hall–Kier alpha value is -5.28. The van der Waals surface area contributed by atoms with Crippen molar-refractivity contribution >= 4 is 51.8 Å². The fourth-order valence-electron chi connectivity index (χ4n) is 5.48. The van der Waals surface area contributed by atoms with Crippen molar-refractivity contribution in [1.82, 2.24) is 9.78 Å². The summed E-state index contributed by atoms with van der Waals surface area (Å²) in [7, 11) is 0. The van der Waals surface area contributed by atoms with Crippen LogP contribution >= 0.6 is 11.6 Å². The Morgan fingerprint density at radius 2 is 1.69 bits per heavy atom. The topological polar surface area (TPSA) is 101 Å². The van der Waals surface area contributed by atoms with E-state index < -0.39 is 6.04 Å². The van der Waals surface area contributed by atoms with Crippen molar-refractivity contribution in [3.05, 3.63) is 135 Å². The Bertz CT molecular complexity index is 1950. The molecule has 10 heteroatoms. The molecule has 2 aliphatic rings. The van der Waals surface area contributed by atoms with Crippen molar-refractivity contribution in [2.45, 2.75) is 19.9 Å². The van der Waals surface area contributed by atoms with Gasteiger partial charge in [-0.3, -0.25) is 10.1 Å². The van der Waals surface area contributed by atoms with Crippen LogP contribution in [0.3, 0.4) is 0 Å². The number of benzene rings is 4. The highest BCUT2D eigenvalue weighted by Crippen LogP contribution is 2.48. The quantitative estimate of drug-likeness (QED) is 0.174.